The zero-order valence-corrected chi connectivity index (χ0v) is 20.4. The van der Waals surface area contributed by atoms with Gasteiger partial charge in [-0.2, -0.15) is 0 Å². The zero-order valence-electron chi connectivity index (χ0n) is 19.6. The number of ether oxygens (including phenoxy) is 1. The van der Waals surface area contributed by atoms with Crippen LogP contribution in [0, 0.1) is 4.77 Å². The Hall–Kier alpha value is -2.97. The summed E-state index contributed by atoms with van der Waals surface area (Å²) in [6.07, 6.45) is 2.63. The first kappa shape index (κ1) is 23.2. The molecule has 0 aliphatic rings. The first-order valence-electron chi connectivity index (χ1n) is 11.7. The zero-order chi connectivity index (χ0) is 23.2. The molecule has 0 fully saturated rings. The van der Waals surface area contributed by atoms with Crippen LogP contribution in [0.5, 0.6) is 5.75 Å². The number of nitrogens with zero attached hydrogens (tertiary/aromatic N) is 4. The molecule has 2 aromatic carbocycles. The third kappa shape index (κ3) is 5.34. The number of aromatic amines is 1. The number of imidazole rings is 1. The number of aryl methyl sites for hydroxylation is 1. The fourth-order valence-corrected chi connectivity index (χ4v) is 4.41. The maximum atomic E-state index is 5.90. The van der Waals surface area contributed by atoms with Crippen LogP contribution in [0.25, 0.3) is 21.9 Å². The van der Waals surface area contributed by atoms with E-state index in [4.69, 9.17) is 17.0 Å². The second-order valence-corrected chi connectivity index (χ2v) is 8.40. The SMILES string of the molecule is CCN(CC)CCCOc1ccc(CNc2ncnc3cc4c(cc23)[nH]c(=S)n4CC)cc1. The highest BCUT2D eigenvalue weighted by molar-refractivity contribution is 7.71. The normalized spacial score (nSPS) is 11.5. The van der Waals surface area contributed by atoms with Crippen molar-refractivity contribution >= 4 is 40.0 Å². The number of fused-ring (bicyclic) bond motifs is 2. The molecule has 2 heterocycles. The van der Waals surface area contributed by atoms with E-state index in [1.54, 1.807) is 6.33 Å². The summed E-state index contributed by atoms with van der Waals surface area (Å²) >= 11 is 5.45. The number of anilines is 1. The molecule has 4 aromatic rings. The Labute approximate surface area is 199 Å². The molecule has 0 saturated heterocycles. The van der Waals surface area contributed by atoms with Gasteiger partial charge in [-0.05, 0) is 68.5 Å². The Morgan fingerprint density at radius 1 is 1.09 bits per heavy atom. The van der Waals surface area contributed by atoms with Crippen LogP contribution in [-0.4, -0.2) is 50.7 Å². The van der Waals surface area contributed by atoms with Crippen molar-refractivity contribution in [2.24, 2.45) is 0 Å². The lowest BCUT2D eigenvalue weighted by Gasteiger charge is -2.17. The molecule has 0 amide bonds. The van der Waals surface area contributed by atoms with Crippen molar-refractivity contribution in [3.8, 4) is 5.75 Å². The number of benzene rings is 2. The average molecular weight is 465 g/mol. The summed E-state index contributed by atoms with van der Waals surface area (Å²) in [4.78, 5) is 14.6. The van der Waals surface area contributed by atoms with Crippen molar-refractivity contribution in [2.75, 3.05) is 31.6 Å². The maximum absolute atomic E-state index is 5.90. The summed E-state index contributed by atoms with van der Waals surface area (Å²) in [5.41, 5.74) is 4.11. The van der Waals surface area contributed by atoms with Gasteiger partial charge in [0.1, 0.15) is 17.9 Å². The average Bonchev–Trinajstić information content (AvgIpc) is 3.15. The number of nitrogens with one attached hydrogen (secondary N) is 2. The number of aromatic nitrogens is 4. The number of rotatable bonds is 11. The van der Waals surface area contributed by atoms with Crippen LogP contribution in [0.1, 0.15) is 32.8 Å². The first-order chi connectivity index (χ1) is 16.1. The highest BCUT2D eigenvalue weighted by Crippen LogP contribution is 2.26. The van der Waals surface area contributed by atoms with Crippen LogP contribution >= 0.6 is 12.2 Å². The summed E-state index contributed by atoms with van der Waals surface area (Å²) in [6.45, 7) is 11.9. The fourth-order valence-electron chi connectivity index (χ4n) is 4.07. The van der Waals surface area contributed by atoms with E-state index in [9.17, 15) is 0 Å². The molecule has 174 valence electrons. The topological polar surface area (TPSA) is 71.0 Å². The Bertz CT molecular complexity index is 1260. The Morgan fingerprint density at radius 2 is 1.88 bits per heavy atom. The van der Waals surface area contributed by atoms with Gasteiger partial charge in [0.2, 0.25) is 0 Å². The summed E-state index contributed by atoms with van der Waals surface area (Å²) in [7, 11) is 0. The largest absolute Gasteiger partial charge is 0.494 e. The Kier molecular flexibility index (Phi) is 7.57. The van der Waals surface area contributed by atoms with Crippen LogP contribution < -0.4 is 10.1 Å². The van der Waals surface area contributed by atoms with E-state index in [0.717, 1.165) is 83.0 Å². The van der Waals surface area contributed by atoms with Crippen molar-refractivity contribution in [1.29, 1.82) is 0 Å². The van der Waals surface area contributed by atoms with Crippen LogP contribution in [0.15, 0.2) is 42.7 Å². The molecule has 0 atom stereocenters. The minimum absolute atomic E-state index is 0.665. The van der Waals surface area contributed by atoms with Gasteiger partial charge in [-0.1, -0.05) is 26.0 Å². The van der Waals surface area contributed by atoms with Crippen molar-refractivity contribution in [1.82, 2.24) is 24.4 Å². The van der Waals surface area contributed by atoms with Gasteiger partial charge in [-0.3, -0.25) is 0 Å². The quantitative estimate of drug-likeness (QED) is 0.229. The van der Waals surface area contributed by atoms with E-state index in [0.29, 0.717) is 6.54 Å². The Morgan fingerprint density at radius 3 is 2.61 bits per heavy atom. The highest BCUT2D eigenvalue weighted by Gasteiger charge is 2.10. The molecule has 2 aromatic heterocycles. The second kappa shape index (κ2) is 10.8. The minimum Gasteiger partial charge on any atom is -0.494 e. The molecule has 7 nitrogen and oxygen atoms in total. The van der Waals surface area contributed by atoms with Gasteiger partial charge >= 0.3 is 0 Å². The lowest BCUT2D eigenvalue weighted by molar-refractivity contribution is 0.249. The first-order valence-corrected chi connectivity index (χ1v) is 12.1. The van der Waals surface area contributed by atoms with Crippen LogP contribution in [0.3, 0.4) is 0 Å². The molecule has 0 unspecified atom stereocenters. The molecule has 4 rings (SSSR count). The fraction of sp³-hybridized carbons (Fsp3) is 0.400. The number of H-pyrrole nitrogens is 1. The summed E-state index contributed by atoms with van der Waals surface area (Å²) in [5.74, 6) is 1.71. The number of hydrogen-bond donors (Lipinski definition) is 2. The standard InChI is InChI=1S/C25H32N6OS/c1-4-30(5-2)12-7-13-32-19-10-8-18(9-11-19)16-26-24-20-14-22-23(15-21(20)27-17-28-24)31(6-3)25(33)29-22/h8-11,14-15,17H,4-7,12-13,16H2,1-3H3,(H,29,33)(H,26,27,28). The van der Waals surface area contributed by atoms with E-state index < -0.39 is 0 Å². The maximum Gasteiger partial charge on any atom is 0.178 e. The Balaban J connectivity index is 1.40. The van der Waals surface area contributed by atoms with Gasteiger partial charge in [0, 0.05) is 25.0 Å². The molecule has 0 spiro atoms. The van der Waals surface area contributed by atoms with Crippen molar-refractivity contribution in [2.45, 2.75) is 40.3 Å². The van der Waals surface area contributed by atoms with Gasteiger partial charge in [0.15, 0.2) is 4.77 Å². The van der Waals surface area contributed by atoms with Crippen molar-refractivity contribution in [3.63, 3.8) is 0 Å². The minimum atomic E-state index is 0.665. The van der Waals surface area contributed by atoms with Crippen molar-refractivity contribution in [3.05, 3.63) is 53.1 Å². The summed E-state index contributed by atoms with van der Waals surface area (Å²) < 4.78 is 8.70. The van der Waals surface area contributed by atoms with Gasteiger partial charge in [0.25, 0.3) is 0 Å². The molecule has 0 radical (unpaired) electrons. The van der Waals surface area contributed by atoms with Gasteiger partial charge in [0.05, 0.1) is 23.2 Å². The second-order valence-electron chi connectivity index (χ2n) is 8.01. The predicted octanol–water partition coefficient (Wildman–Crippen LogP) is 5.38. The van der Waals surface area contributed by atoms with E-state index in [-0.39, 0.29) is 0 Å². The monoisotopic (exact) mass is 464 g/mol. The van der Waals surface area contributed by atoms with E-state index in [1.165, 1.54) is 0 Å². The van der Waals surface area contributed by atoms with E-state index in [1.807, 2.05) is 12.1 Å². The molecule has 33 heavy (non-hydrogen) atoms. The molecule has 0 aliphatic carbocycles. The number of hydrogen-bond acceptors (Lipinski definition) is 6. The predicted molar refractivity (Wildman–Crippen MR) is 138 cm³/mol. The molecular formula is C25H32N6OS. The molecule has 8 heteroatoms. The van der Waals surface area contributed by atoms with Gasteiger partial charge in [-0.25, -0.2) is 9.97 Å². The van der Waals surface area contributed by atoms with Crippen LogP contribution in [0.4, 0.5) is 5.82 Å². The van der Waals surface area contributed by atoms with Gasteiger partial charge in [-0.15, -0.1) is 0 Å². The third-order valence-corrected chi connectivity index (χ3v) is 6.33. The van der Waals surface area contributed by atoms with E-state index in [2.05, 4.69) is 74.8 Å². The molecular weight excluding hydrogens is 432 g/mol. The smallest absolute Gasteiger partial charge is 0.178 e. The van der Waals surface area contributed by atoms with Crippen molar-refractivity contribution < 1.29 is 4.74 Å². The molecule has 0 aliphatic heterocycles. The molecule has 0 bridgehead atoms. The molecule has 0 saturated carbocycles. The van der Waals surface area contributed by atoms with Gasteiger partial charge < -0.3 is 24.5 Å². The third-order valence-electron chi connectivity index (χ3n) is 6.01. The lowest BCUT2D eigenvalue weighted by atomic mass is 10.2. The summed E-state index contributed by atoms with van der Waals surface area (Å²) in [5, 5.41) is 4.43. The molecule has 2 N–H and O–H groups in total. The van der Waals surface area contributed by atoms with E-state index >= 15 is 0 Å². The lowest BCUT2D eigenvalue weighted by Crippen LogP contribution is -2.25. The summed E-state index contributed by atoms with van der Waals surface area (Å²) in [6, 6.07) is 12.4. The van der Waals surface area contributed by atoms with Crippen LogP contribution in [-0.2, 0) is 13.1 Å². The van der Waals surface area contributed by atoms with Crippen LogP contribution in [0.2, 0.25) is 0 Å². The highest BCUT2D eigenvalue weighted by atomic mass is 32.1.